The maximum Gasteiger partial charge on any atom is 0.258 e. The van der Waals surface area contributed by atoms with Gasteiger partial charge >= 0.3 is 0 Å². The van der Waals surface area contributed by atoms with Crippen LogP contribution in [-0.2, 0) is 4.74 Å². The van der Waals surface area contributed by atoms with E-state index in [9.17, 15) is 9.18 Å². The van der Waals surface area contributed by atoms with E-state index in [1.165, 1.54) is 38.9 Å². The number of hydrogen-bond acceptors (Lipinski definition) is 3. The fourth-order valence-electron chi connectivity index (χ4n) is 4.98. The molecule has 0 spiro atoms. The Hall–Kier alpha value is -1.62. The molecule has 1 amide bonds. The van der Waals surface area contributed by atoms with E-state index in [1.807, 2.05) is 0 Å². The highest BCUT2D eigenvalue weighted by Gasteiger charge is 2.57. The average Bonchev–Trinajstić information content (AvgIpc) is 3.23. The normalized spacial score (nSPS) is 32.2. The number of benzene rings is 1. The van der Waals surface area contributed by atoms with Crippen molar-refractivity contribution in [1.29, 1.82) is 0 Å². The molecule has 24 heavy (non-hydrogen) atoms. The zero-order chi connectivity index (χ0) is 16.7. The lowest BCUT2D eigenvalue weighted by molar-refractivity contribution is -0.0784. The second-order valence-electron chi connectivity index (χ2n) is 7.23. The van der Waals surface area contributed by atoms with Crippen LogP contribution in [0.5, 0.6) is 5.75 Å². The van der Waals surface area contributed by atoms with Crippen molar-refractivity contribution in [2.45, 2.75) is 44.2 Å². The lowest BCUT2D eigenvalue weighted by Gasteiger charge is -2.50. The predicted molar refractivity (Wildman–Crippen MR) is 87.5 cm³/mol. The number of nitrogens with one attached hydrogen (secondary N) is 1. The van der Waals surface area contributed by atoms with Crippen LogP contribution in [0.15, 0.2) is 18.2 Å². The van der Waals surface area contributed by atoms with Crippen LogP contribution in [0.1, 0.15) is 42.5 Å². The number of halogens is 1. The summed E-state index contributed by atoms with van der Waals surface area (Å²) in [5.41, 5.74) is 0.00698. The van der Waals surface area contributed by atoms with E-state index < -0.39 is 5.82 Å². The molecule has 0 aromatic heterocycles. The van der Waals surface area contributed by atoms with Crippen LogP contribution < -0.4 is 10.1 Å². The lowest BCUT2D eigenvalue weighted by Crippen LogP contribution is -2.63. The molecule has 130 valence electrons. The number of methoxy groups -OCH3 is 1. The molecule has 1 aliphatic heterocycles. The molecule has 1 N–H and O–H groups in total. The predicted octanol–water partition coefficient (Wildman–Crippen LogP) is 3.16. The highest BCUT2D eigenvalue weighted by atomic mass is 19.1. The third-order valence-corrected chi connectivity index (χ3v) is 6.10. The van der Waals surface area contributed by atoms with E-state index in [4.69, 9.17) is 9.47 Å². The van der Waals surface area contributed by atoms with Crippen LogP contribution in [0.4, 0.5) is 4.39 Å². The van der Waals surface area contributed by atoms with Gasteiger partial charge in [0.2, 0.25) is 0 Å². The Morgan fingerprint density at radius 1 is 1.29 bits per heavy atom. The molecule has 3 aliphatic rings. The van der Waals surface area contributed by atoms with E-state index in [2.05, 4.69) is 5.32 Å². The van der Waals surface area contributed by atoms with E-state index in [-0.39, 0.29) is 29.4 Å². The Labute approximate surface area is 141 Å². The Kier molecular flexibility index (Phi) is 4.21. The molecule has 1 aromatic rings. The van der Waals surface area contributed by atoms with Crippen LogP contribution in [0.25, 0.3) is 0 Å². The lowest BCUT2D eigenvalue weighted by atomic mass is 9.61. The fourth-order valence-corrected chi connectivity index (χ4v) is 4.98. The third kappa shape index (κ3) is 2.50. The van der Waals surface area contributed by atoms with Crippen LogP contribution in [0, 0.1) is 23.6 Å². The van der Waals surface area contributed by atoms with Gasteiger partial charge in [0.1, 0.15) is 17.1 Å². The topological polar surface area (TPSA) is 47.6 Å². The summed E-state index contributed by atoms with van der Waals surface area (Å²) in [6.07, 6.45) is 6.22. The number of carbonyl (C=O) groups excluding carboxylic acids is 1. The SMILES string of the molecule is COc1cccc(F)c1C(=O)N[C@H]1[C@@H]2CCO[C@@H]2[C@@H]1C1CCCC1. The monoisotopic (exact) mass is 333 g/mol. The van der Waals surface area contributed by atoms with Gasteiger partial charge in [-0.1, -0.05) is 31.7 Å². The highest BCUT2D eigenvalue weighted by Crippen LogP contribution is 2.51. The summed E-state index contributed by atoms with van der Waals surface area (Å²) in [5.74, 6) is 0.741. The van der Waals surface area contributed by atoms with Gasteiger partial charge in [0, 0.05) is 24.5 Å². The standard InChI is InChI=1S/C19H24FNO3/c1-23-14-8-4-7-13(20)16(14)19(22)21-17-12-9-10-24-18(12)15(17)11-5-2-3-6-11/h4,7-8,11-12,15,17-18H,2-3,5-6,9-10H2,1H3,(H,21,22)/t12-,15+,17-,18-/m0/s1. The van der Waals surface area contributed by atoms with Gasteiger partial charge in [-0.15, -0.1) is 0 Å². The molecule has 4 atom stereocenters. The Morgan fingerprint density at radius 2 is 2.08 bits per heavy atom. The van der Waals surface area contributed by atoms with Gasteiger partial charge in [0.15, 0.2) is 0 Å². The molecule has 1 heterocycles. The summed E-state index contributed by atoms with van der Waals surface area (Å²) >= 11 is 0. The zero-order valence-corrected chi connectivity index (χ0v) is 14.0. The first-order valence-corrected chi connectivity index (χ1v) is 8.95. The van der Waals surface area contributed by atoms with Crippen molar-refractivity contribution in [3.63, 3.8) is 0 Å². The minimum Gasteiger partial charge on any atom is -0.496 e. The molecule has 4 rings (SSSR count). The van der Waals surface area contributed by atoms with Crippen molar-refractivity contribution in [3.05, 3.63) is 29.6 Å². The van der Waals surface area contributed by atoms with Gasteiger partial charge in [-0.05, 0) is 24.5 Å². The van der Waals surface area contributed by atoms with Gasteiger partial charge in [0.05, 0.1) is 13.2 Å². The highest BCUT2D eigenvalue weighted by molar-refractivity contribution is 5.97. The maximum atomic E-state index is 14.2. The fraction of sp³-hybridized carbons (Fsp3) is 0.632. The second-order valence-corrected chi connectivity index (χ2v) is 7.23. The van der Waals surface area contributed by atoms with Crippen molar-refractivity contribution in [2.24, 2.45) is 17.8 Å². The van der Waals surface area contributed by atoms with Gasteiger partial charge in [-0.25, -0.2) is 4.39 Å². The van der Waals surface area contributed by atoms with E-state index in [0.29, 0.717) is 17.8 Å². The number of rotatable bonds is 4. The largest absolute Gasteiger partial charge is 0.496 e. The van der Waals surface area contributed by atoms with Crippen molar-refractivity contribution >= 4 is 5.91 Å². The Morgan fingerprint density at radius 3 is 2.83 bits per heavy atom. The van der Waals surface area contributed by atoms with Gasteiger partial charge < -0.3 is 14.8 Å². The molecule has 2 saturated carbocycles. The smallest absolute Gasteiger partial charge is 0.258 e. The number of ether oxygens (including phenoxy) is 2. The van der Waals surface area contributed by atoms with E-state index >= 15 is 0 Å². The first-order chi connectivity index (χ1) is 11.7. The summed E-state index contributed by atoms with van der Waals surface area (Å²) in [4.78, 5) is 12.7. The van der Waals surface area contributed by atoms with Crippen LogP contribution >= 0.6 is 0 Å². The molecule has 0 radical (unpaired) electrons. The number of carbonyl (C=O) groups is 1. The summed E-state index contributed by atoms with van der Waals surface area (Å²) in [5, 5.41) is 3.11. The number of amides is 1. The van der Waals surface area contributed by atoms with Crippen molar-refractivity contribution < 1.29 is 18.7 Å². The maximum absolute atomic E-state index is 14.2. The van der Waals surface area contributed by atoms with Gasteiger partial charge in [-0.2, -0.15) is 0 Å². The van der Waals surface area contributed by atoms with Crippen LogP contribution in [-0.4, -0.2) is 31.8 Å². The second kappa shape index (κ2) is 6.36. The number of fused-ring (bicyclic) bond motifs is 1. The van der Waals surface area contributed by atoms with E-state index in [0.717, 1.165) is 13.0 Å². The first-order valence-electron chi connectivity index (χ1n) is 8.95. The van der Waals surface area contributed by atoms with Crippen LogP contribution in [0.3, 0.4) is 0 Å². The quantitative estimate of drug-likeness (QED) is 0.921. The van der Waals surface area contributed by atoms with Crippen LogP contribution in [0.2, 0.25) is 0 Å². The molecule has 0 unspecified atom stereocenters. The van der Waals surface area contributed by atoms with Gasteiger partial charge in [-0.3, -0.25) is 4.79 Å². The molecular formula is C19H24FNO3. The Bertz CT molecular complexity index is 624. The Balaban J connectivity index is 1.54. The minimum atomic E-state index is -0.539. The third-order valence-electron chi connectivity index (χ3n) is 6.10. The molecule has 1 saturated heterocycles. The summed E-state index contributed by atoms with van der Waals surface area (Å²) < 4.78 is 25.2. The average molecular weight is 333 g/mol. The molecular weight excluding hydrogens is 309 g/mol. The molecule has 0 bridgehead atoms. The summed E-state index contributed by atoms with van der Waals surface area (Å²) in [6.45, 7) is 0.772. The molecule has 5 heteroatoms. The zero-order valence-electron chi connectivity index (χ0n) is 14.0. The summed E-state index contributed by atoms with van der Waals surface area (Å²) in [6, 6.07) is 4.57. The van der Waals surface area contributed by atoms with Crippen molar-refractivity contribution in [2.75, 3.05) is 13.7 Å². The van der Waals surface area contributed by atoms with Crippen molar-refractivity contribution in [1.82, 2.24) is 5.32 Å². The molecule has 3 fully saturated rings. The minimum absolute atomic E-state index is 0.00698. The van der Waals surface area contributed by atoms with E-state index in [1.54, 1.807) is 12.1 Å². The molecule has 1 aromatic carbocycles. The molecule has 2 aliphatic carbocycles. The van der Waals surface area contributed by atoms with Gasteiger partial charge in [0.25, 0.3) is 5.91 Å². The molecule has 4 nitrogen and oxygen atoms in total. The van der Waals surface area contributed by atoms with Crippen molar-refractivity contribution in [3.8, 4) is 5.75 Å². The summed E-state index contributed by atoms with van der Waals surface area (Å²) in [7, 11) is 1.46. The number of hydrogen-bond donors (Lipinski definition) is 1. The first kappa shape index (κ1) is 15.9.